The summed E-state index contributed by atoms with van der Waals surface area (Å²) in [7, 11) is -3.54. The van der Waals surface area contributed by atoms with Crippen LogP contribution in [0.1, 0.15) is 25.7 Å². The van der Waals surface area contributed by atoms with Gasteiger partial charge in [0, 0.05) is 11.0 Å². The van der Waals surface area contributed by atoms with E-state index in [1.165, 1.54) is 18.1 Å². The first-order valence-electron chi connectivity index (χ1n) is 6.21. The summed E-state index contributed by atoms with van der Waals surface area (Å²) in [6, 6.07) is 4.82. The van der Waals surface area contributed by atoms with Crippen LogP contribution in [-0.4, -0.2) is 15.0 Å². The largest absolute Gasteiger partial charge is 0.398 e. The maximum Gasteiger partial charge on any atom is 0.242 e. The predicted molar refractivity (Wildman–Crippen MR) is 80.3 cm³/mol. The van der Waals surface area contributed by atoms with Crippen LogP contribution in [-0.2, 0) is 10.0 Å². The molecular weight excluding hydrogens is 328 g/mol. The second kappa shape index (κ2) is 6.07. The maximum absolute atomic E-state index is 12.1. The Labute approximate surface area is 122 Å². The molecule has 0 spiro atoms. The SMILES string of the molecule is Nc1ccc(Br)cc1S(=O)(=O)NCCC1=CCCC1. The van der Waals surface area contributed by atoms with Gasteiger partial charge in [-0.25, -0.2) is 13.1 Å². The molecule has 104 valence electrons. The van der Waals surface area contributed by atoms with Crippen molar-refractivity contribution in [2.75, 3.05) is 12.3 Å². The van der Waals surface area contributed by atoms with Gasteiger partial charge in [-0.3, -0.25) is 0 Å². The molecule has 0 atom stereocenters. The van der Waals surface area contributed by atoms with Gasteiger partial charge >= 0.3 is 0 Å². The van der Waals surface area contributed by atoms with Gasteiger partial charge in [0.2, 0.25) is 10.0 Å². The zero-order chi connectivity index (χ0) is 13.9. The van der Waals surface area contributed by atoms with E-state index in [0.29, 0.717) is 11.0 Å². The molecule has 0 heterocycles. The van der Waals surface area contributed by atoms with Crippen LogP contribution in [0, 0.1) is 0 Å². The molecule has 0 unspecified atom stereocenters. The lowest BCUT2D eigenvalue weighted by atomic mass is 10.2. The van der Waals surface area contributed by atoms with E-state index >= 15 is 0 Å². The highest BCUT2D eigenvalue weighted by Gasteiger charge is 2.17. The summed E-state index contributed by atoms with van der Waals surface area (Å²) in [4.78, 5) is 0.127. The van der Waals surface area contributed by atoms with Crippen LogP contribution in [0.15, 0.2) is 39.2 Å². The maximum atomic E-state index is 12.1. The molecule has 4 nitrogen and oxygen atoms in total. The smallest absolute Gasteiger partial charge is 0.242 e. The van der Waals surface area contributed by atoms with Crippen LogP contribution in [0.5, 0.6) is 0 Å². The molecule has 19 heavy (non-hydrogen) atoms. The summed E-state index contributed by atoms with van der Waals surface area (Å²) in [5, 5.41) is 0. The van der Waals surface area contributed by atoms with Crippen molar-refractivity contribution in [1.29, 1.82) is 0 Å². The average Bonchev–Trinajstić information content (AvgIpc) is 2.85. The molecule has 0 amide bonds. The molecule has 1 aromatic rings. The Morgan fingerprint density at radius 2 is 2.16 bits per heavy atom. The second-order valence-electron chi connectivity index (χ2n) is 4.58. The predicted octanol–water partition coefficient (Wildman–Crippen LogP) is 2.81. The van der Waals surface area contributed by atoms with Gasteiger partial charge in [0.15, 0.2) is 0 Å². The highest BCUT2D eigenvalue weighted by atomic mass is 79.9. The van der Waals surface area contributed by atoms with Gasteiger partial charge in [-0.2, -0.15) is 0 Å². The molecule has 3 N–H and O–H groups in total. The van der Waals surface area contributed by atoms with Gasteiger partial charge in [0.25, 0.3) is 0 Å². The Bertz CT molecular complexity index is 597. The second-order valence-corrected chi connectivity index (χ2v) is 7.24. The number of hydrogen-bond donors (Lipinski definition) is 2. The summed E-state index contributed by atoms with van der Waals surface area (Å²) >= 11 is 3.25. The summed E-state index contributed by atoms with van der Waals surface area (Å²) in [5.74, 6) is 0. The molecule has 2 rings (SSSR count). The number of sulfonamides is 1. The van der Waals surface area contributed by atoms with Crippen molar-refractivity contribution in [3.63, 3.8) is 0 Å². The first-order valence-corrected chi connectivity index (χ1v) is 8.49. The number of nitrogen functional groups attached to an aromatic ring is 1. The van der Waals surface area contributed by atoms with Crippen molar-refractivity contribution >= 4 is 31.6 Å². The van der Waals surface area contributed by atoms with Gasteiger partial charge < -0.3 is 5.73 Å². The number of halogens is 1. The third-order valence-electron chi connectivity index (χ3n) is 3.14. The Hall–Kier alpha value is -0.850. The first kappa shape index (κ1) is 14.6. The van der Waals surface area contributed by atoms with Gasteiger partial charge in [0.1, 0.15) is 4.90 Å². The molecular formula is C13H17BrN2O2S. The average molecular weight is 345 g/mol. The molecule has 1 aromatic carbocycles. The van der Waals surface area contributed by atoms with Crippen molar-refractivity contribution < 1.29 is 8.42 Å². The number of nitrogens with two attached hydrogens (primary N) is 1. The quantitative estimate of drug-likeness (QED) is 0.637. The third-order valence-corrected chi connectivity index (χ3v) is 5.15. The van der Waals surface area contributed by atoms with Crippen molar-refractivity contribution in [3.05, 3.63) is 34.3 Å². The van der Waals surface area contributed by atoms with E-state index in [4.69, 9.17) is 5.73 Å². The van der Waals surface area contributed by atoms with Crippen molar-refractivity contribution in [2.24, 2.45) is 0 Å². The molecule has 0 aromatic heterocycles. The summed E-state index contributed by atoms with van der Waals surface area (Å²) in [6.45, 7) is 0.417. The van der Waals surface area contributed by atoms with Crippen LogP contribution in [0.2, 0.25) is 0 Å². The Balaban J connectivity index is 2.03. The van der Waals surface area contributed by atoms with Crippen LogP contribution < -0.4 is 10.5 Å². The van der Waals surface area contributed by atoms with E-state index < -0.39 is 10.0 Å². The normalized spacial score (nSPS) is 15.5. The summed E-state index contributed by atoms with van der Waals surface area (Å²) in [6.07, 6.45) is 6.34. The fourth-order valence-corrected chi connectivity index (χ4v) is 3.83. The number of anilines is 1. The van der Waals surface area contributed by atoms with E-state index in [1.54, 1.807) is 12.1 Å². The zero-order valence-electron chi connectivity index (χ0n) is 10.5. The van der Waals surface area contributed by atoms with Gasteiger partial charge in [0.05, 0.1) is 5.69 Å². The fraction of sp³-hybridized carbons (Fsp3) is 0.385. The molecule has 1 aliphatic rings. The fourth-order valence-electron chi connectivity index (χ4n) is 2.13. The van der Waals surface area contributed by atoms with E-state index in [9.17, 15) is 8.42 Å². The molecule has 0 saturated carbocycles. The number of rotatable bonds is 5. The molecule has 0 radical (unpaired) electrons. The molecule has 0 saturated heterocycles. The van der Waals surface area contributed by atoms with Crippen LogP contribution in [0.25, 0.3) is 0 Å². The van der Waals surface area contributed by atoms with Crippen molar-refractivity contribution in [2.45, 2.75) is 30.6 Å². The third kappa shape index (κ3) is 3.81. The standard InChI is InChI=1S/C13H17BrN2O2S/c14-11-5-6-12(15)13(9-11)19(17,18)16-8-7-10-3-1-2-4-10/h3,5-6,9,16H,1-2,4,7-8,15H2. The van der Waals surface area contributed by atoms with Crippen molar-refractivity contribution in [1.82, 2.24) is 4.72 Å². The summed E-state index contributed by atoms with van der Waals surface area (Å²) in [5.41, 5.74) is 7.32. The molecule has 0 fully saturated rings. The highest BCUT2D eigenvalue weighted by Crippen LogP contribution is 2.23. The van der Waals surface area contributed by atoms with Crippen LogP contribution in [0.3, 0.4) is 0 Å². The lowest BCUT2D eigenvalue weighted by Crippen LogP contribution is -2.25. The first-order chi connectivity index (χ1) is 8.99. The van der Waals surface area contributed by atoms with Gasteiger partial charge in [-0.05, 0) is 43.9 Å². The Morgan fingerprint density at radius 1 is 1.37 bits per heavy atom. The Kier molecular flexibility index (Phi) is 4.65. The lowest BCUT2D eigenvalue weighted by Gasteiger charge is -2.09. The molecule has 0 aliphatic heterocycles. The zero-order valence-corrected chi connectivity index (χ0v) is 12.9. The van der Waals surface area contributed by atoms with E-state index in [-0.39, 0.29) is 10.6 Å². The van der Waals surface area contributed by atoms with Crippen LogP contribution in [0.4, 0.5) is 5.69 Å². The minimum atomic E-state index is -3.54. The molecule has 0 bridgehead atoms. The Morgan fingerprint density at radius 3 is 2.84 bits per heavy atom. The number of allylic oxidation sites excluding steroid dienone is 1. The van der Waals surface area contributed by atoms with Crippen LogP contribution >= 0.6 is 15.9 Å². The number of hydrogen-bond acceptors (Lipinski definition) is 3. The monoisotopic (exact) mass is 344 g/mol. The minimum Gasteiger partial charge on any atom is -0.398 e. The van der Waals surface area contributed by atoms with E-state index in [0.717, 1.165) is 19.3 Å². The van der Waals surface area contributed by atoms with Gasteiger partial charge in [-0.15, -0.1) is 0 Å². The van der Waals surface area contributed by atoms with E-state index in [1.807, 2.05) is 0 Å². The number of benzene rings is 1. The minimum absolute atomic E-state index is 0.127. The molecule has 6 heteroatoms. The lowest BCUT2D eigenvalue weighted by molar-refractivity contribution is 0.581. The van der Waals surface area contributed by atoms with Crippen molar-refractivity contribution in [3.8, 4) is 0 Å². The number of nitrogens with one attached hydrogen (secondary N) is 1. The van der Waals surface area contributed by atoms with Gasteiger partial charge in [-0.1, -0.05) is 27.6 Å². The highest BCUT2D eigenvalue weighted by molar-refractivity contribution is 9.10. The topological polar surface area (TPSA) is 72.2 Å². The van der Waals surface area contributed by atoms with E-state index in [2.05, 4.69) is 26.7 Å². The molecule has 1 aliphatic carbocycles. The summed E-state index contributed by atoms with van der Waals surface area (Å²) < 4.78 is 27.6.